The molecule has 3 aromatic rings. The second kappa shape index (κ2) is 28.0. The van der Waals surface area contributed by atoms with Crippen molar-refractivity contribution < 1.29 is 9.53 Å². The molecular formula is C33H54B2N2O2. The van der Waals surface area contributed by atoms with Crippen LogP contribution < -0.4 is 10.9 Å². The van der Waals surface area contributed by atoms with E-state index in [0.29, 0.717) is 12.0 Å². The smallest absolute Gasteiger partial charge is 0.334 e. The fourth-order valence-corrected chi connectivity index (χ4v) is 3.37. The van der Waals surface area contributed by atoms with Gasteiger partial charge in [-0.05, 0) is 11.6 Å². The average Bonchev–Trinajstić information content (AvgIpc) is 3.72. The molecule has 0 fully saturated rings. The molecule has 1 aromatic heterocycles. The van der Waals surface area contributed by atoms with Gasteiger partial charge in [-0.3, -0.25) is 5.10 Å². The SMILES string of the molecule is CC.CC.CC.CC.CC.CC.COC(=O)/C(=C/c1cn[nH]c1-c1ccccc1)Cc1ccc2c(c1)[B]C[B]2. The van der Waals surface area contributed by atoms with Gasteiger partial charge in [0.25, 0.3) is 0 Å². The summed E-state index contributed by atoms with van der Waals surface area (Å²) in [5.74, 6) is -0.328. The minimum absolute atomic E-state index is 0.328. The molecule has 6 heteroatoms. The first kappa shape index (κ1) is 40.5. The number of carbonyl (C=O) groups excluding carboxylic acids is 1. The van der Waals surface area contributed by atoms with Crippen LogP contribution in [-0.2, 0) is 16.0 Å². The van der Waals surface area contributed by atoms with Gasteiger partial charge in [-0.2, -0.15) is 5.10 Å². The minimum atomic E-state index is -0.328. The highest BCUT2D eigenvalue weighted by molar-refractivity contribution is 6.82. The van der Waals surface area contributed by atoms with Gasteiger partial charge in [0.1, 0.15) is 14.6 Å². The number of esters is 1. The van der Waals surface area contributed by atoms with Crippen molar-refractivity contribution in [1.82, 2.24) is 10.2 Å². The molecule has 0 atom stereocenters. The Hall–Kier alpha value is -3.01. The summed E-state index contributed by atoms with van der Waals surface area (Å²) < 4.78 is 5.02. The molecule has 0 aliphatic carbocycles. The quantitative estimate of drug-likeness (QED) is 0.205. The molecule has 39 heavy (non-hydrogen) atoms. The van der Waals surface area contributed by atoms with E-state index in [-0.39, 0.29) is 5.97 Å². The number of fused-ring (bicyclic) bond motifs is 1. The van der Waals surface area contributed by atoms with Gasteiger partial charge in [-0.1, -0.05) is 149 Å². The molecule has 2 heterocycles. The Morgan fingerprint density at radius 1 is 0.846 bits per heavy atom. The van der Waals surface area contributed by atoms with Crippen LogP contribution in [0.15, 0.2) is 60.3 Å². The molecule has 1 N–H and O–H groups in total. The molecule has 4 rings (SSSR count). The van der Waals surface area contributed by atoms with Crippen molar-refractivity contribution in [3.05, 3.63) is 71.4 Å². The van der Waals surface area contributed by atoms with Crippen LogP contribution >= 0.6 is 0 Å². The first-order valence-corrected chi connectivity index (χ1v) is 14.9. The largest absolute Gasteiger partial charge is 0.466 e. The number of rotatable bonds is 5. The van der Waals surface area contributed by atoms with Gasteiger partial charge in [0.2, 0.25) is 0 Å². The summed E-state index contributed by atoms with van der Waals surface area (Å²) in [6, 6.07) is 16.3. The van der Waals surface area contributed by atoms with Gasteiger partial charge in [0, 0.05) is 23.1 Å². The van der Waals surface area contributed by atoms with E-state index in [1.807, 2.05) is 119 Å². The van der Waals surface area contributed by atoms with Gasteiger partial charge >= 0.3 is 5.97 Å². The number of H-pyrrole nitrogens is 1. The van der Waals surface area contributed by atoms with Crippen molar-refractivity contribution in [1.29, 1.82) is 0 Å². The number of aromatic amines is 1. The third-order valence-corrected chi connectivity index (χ3v) is 4.73. The Kier molecular flexibility index (Phi) is 29.1. The maximum atomic E-state index is 12.4. The van der Waals surface area contributed by atoms with Crippen LogP contribution in [0, 0.1) is 0 Å². The van der Waals surface area contributed by atoms with Crippen LogP contribution in [0.4, 0.5) is 0 Å². The average molecular weight is 532 g/mol. The summed E-state index contributed by atoms with van der Waals surface area (Å²) in [4.78, 5) is 12.4. The predicted octanol–water partition coefficient (Wildman–Crippen LogP) is 8.08. The molecule has 0 bridgehead atoms. The monoisotopic (exact) mass is 532 g/mol. The van der Waals surface area contributed by atoms with E-state index in [4.69, 9.17) is 4.74 Å². The van der Waals surface area contributed by atoms with Crippen molar-refractivity contribution in [3.8, 4) is 11.3 Å². The first-order chi connectivity index (χ1) is 19.2. The number of methoxy groups -OCH3 is 1. The zero-order chi connectivity index (χ0) is 30.6. The standard InChI is InChI=1S/C21H18B2N2O2.6C2H6/c1-27-21(26)16(9-14-7-8-18-19(10-14)23-13-22-18)11-17-12-24-25-20(17)15-5-3-2-4-6-15;6*1-2/h2-8,10-12H,9,13H2,1H3,(H,24,25);6*1-2H3/b16-11+;;;;;;. The highest BCUT2D eigenvalue weighted by Gasteiger charge is 2.17. The number of nitrogens with zero attached hydrogens (tertiary/aromatic N) is 1. The highest BCUT2D eigenvalue weighted by atomic mass is 16.5. The molecule has 0 amide bonds. The van der Waals surface area contributed by atoms with E-state index in [0.717, 1.165) is 28.6 Å². The van der Waals surface area contributed by atoms with Crippen LogP contribution in [0.25, 0.3) is 17.3 Å². The van der Waals surface area contributed by atoms with E-state index >= 15 is 0 Å². The molecule has 2 aromatic carbocycles. The second-order valence-corrected chi connectivity index (χ2v) is 6.51. The first-order valence-electron chi connectivity index (χ1n) is 14.9. The number of nitrogens with one attached hydrogen (secondary N) is 1. The number of benzene rings is 2. The maximum absolute atomic E-state index is 12.4. The van der Waals surface area contributed by atoms with E-state index in [2.05, 4.69) is 43.0 Å². The zero-order valence-corrected chi connectivity index (χ0v) is 27.1. The summed E-state index contributed by atoms with van der Waals surface area (Å²) in [7, 11) is 5.81. The van der Waals surface area contributed by atoms with Crippen LogP contribution in [0.1, 0.15) is 94.2 Å². The lowest BCUT2D eigenvalue weighted by atomic mass is 9.63. The summed E-state index contributed by atoms with van der Waals surface area (Å²) >= 11 is 0. The lowest BCUT2D eigenvalue weighted by Gasteiger charge is -2.09. The highest BCUT2D eigenvalue weighted by Crippen LogP contribution is 2.24. The molecule has 1 aliphatic rings. The number of aromatic nitrogens is 2. The van der Waals surface area contributed by atoms with E-state index in [1.54, 1.807) is 6.20 Å². The molecule has 0 saturated heterocycles. The van der Waals surface area contributed by atoms with Crippen LogP contribution in [0.5, 0.6) is 0 Å². The summed E-state index contributed by atoms with van der Waals surface area (Å²) in [6.45, 7) is 24.0. The topological polar surface area (TPSA) is 55.0 Å². The molecule has 4 nitrogen and oxygen atoms in total. The third-order valence-electron chi connectivity index (χ3n) is 4.73. The molecule has 0 spiro atoms. The lowest BCUT2D eigenvalue weighted by Crippen LogP contribution is -2.25. The maximum Gasteiger partial charge on any atom is 0.334 e. The summed E-state index contributed by atoms with van der Waals surface area (Å²) in [6.07, 6.45) is 5.07. The van der Waals surface area contributed by atoms with E-state index < -0.39 is 0 Å². The molecule has 0 saturated carbocycles. The van der Waals surface area contributed by atoms with Crippen molar-refractivity contribution in [2.75, 3.05) is 7.11 Å². The van der Waals surface area contributed by atoms with Gasteiger partial charge in [-0.25, -0.2) is 4.79 Å². The van der Waals surface area contributed by atoms with Gasteiger partial charge in [0.15, 0.2) is 0 Å². The van der Waals surface area contributed by atoms with E-state index in [9.17, 15) is 4.79 Å². The zero-order valence-electron chi connectivity index (χ0n) is 27.1. The van der Waals surface area contributed by atoms with Crippen molar-refractivity contribution in [3.63, 3.8) is 0 Å². The second-order valence-electron chi connectivity index (χ2n) is 6.51. The van der Waals surface area contributed by atoms with E-state index in [1.165, 1.54) is 18.0 Å². The minimum Gasteiger partial charge on any atom is -0.466 e. The number of hydrogen-bond donors (Lipinski definition) is 1. The Bertz CT molecular complexity index is 1000. The Balaban J connectivity index is -0.000000958. The van der Waals surface area contributed by atoms with Crippen LogP contribution in [-0.4, -0.2) is 37.8 Å². The Labute approximate surface area is 242 Å². The Morgan fingerprint density at radius 2 is 1.41 bits per heavy atom. The summed E-state index contributed by atoms with van der Waals surface area (Å²) in [5.41, 5.74) is 6.93. The molecule has 1 aliphatic heterocycles. The molecule has 214 valence electrons. The van der Waals surface area contributed by atoms with Gasteiger partial charge < -0.3 is 4.74 Å². The molecule has 2 radical (unpaired) electrons. The predicted molar refractivity (Wildman–Crippen MR) is 178 cm³/mol. The van der Waals surface area contributed by atoms with Crippen LogP contribution in [0.2, 0.25) is 6.22 Å². The lowest BCUT2D eigenvalue weighted by molar-refractivity contribution is -0.136. The van der Waals surface area contributed by atoms with Gasteiger partial charge in [-0.15, -0.1) is 0 Å². The van der Waals surface area contributed by atoms with Crippen molar-refractivity contribution in [2.45, 2.75) is 95.7 Å². The van der Waals surface area contributed by atoms with Crippen LogP contribution in [0.3, 0.4) is 0 Å². The Morgan fingerprint density at radius 3 is 1.97 bits per heavy atom. The molecule has 0 unspecified atom stereocenters. The van der Waals surface area contributed by atoms with Crippen molar-refractivity contribution in [2.24, 2.45) is 0 Å². The normalized spacial score (nSPS) is 9.82. The number of carbonyl (C=O) groups is 1. The number of ether oxygens (including phenoxy) is 1. The van der Waals surface area contributed by atoms with Crippen molar-refractivity contribution >= 4 is 37.5 Å². The number of hydrogen-bond acceptors (Lipinski definition) is 3. The fraction of sp³-hybridized carbons (Fsp3) is 0.455. The third kappa shape index (κ3) is 14.1. The fourth-order valence-electron chi connectivity index (χ4n) is 3.37. The molecular weight excluding hydrogens is 478 g/mol. The van der Waals surface area contributed by atoms with Gasteiger partial charge in [0.05, 0.1) is 19.0 Å². The summed E-state index contributed by atoms with van der Waals surface area (Å²) in [5, 5.41) is 7.19.